The molecule has 2 rings (SSSR count). The van der Waals surface area contributed by atoms with Gasteiger partial charge in [-0.15, -0.1) is 0 Å². The smallest absolute Gasteiger partial charge is 0.195 e. The van der Waals surface area contributed by atoms with Gasteiger partial charge in [-0.1, -0.05) is 0 Å². The zero-order valence-corrected chi connectivity index (χ0v) is 9.47. The van der Waals surface area contributed by atoms with Crippen molar-refractivity contribution in [3.05, 3.63) is 51.5 Å². The average Bonchev–Trinajstić information content (AvgIpc) is 2.64. The fraction of sp³-hybridized carbons (Fsp3) is 0.167. The lowest BCUT2D eigenvalue weighted by atomic mass is 10.0. The molecule has 0 bridgehead atoms. The molecule has 0 aromatic carbocycles. The van der Waals surface area contributed by atoms with Crippen molar-refractivity contribution in [2.75, 3.05) is 0 Å². The fourth-order valence-corrected chi connectivity index (χ4v) is 2.27. The number of aryl methyl sites for hydroxylation is 2. The second-order valence-electron chi connectivity index (χ2n) is 3.49. The minimum Gasteiger partial charge on any atom is -0.288 e. The van der Waals surface area contributed by atoms with Crippen molar-refractivity contribution < 1.29 is 4.79 Å². The van der Waals surface area contributed by atoms with Crippen LogP contribution >= 0.6 is 11.3 Å². The number of pyridine rings is 1. The van der Waals surface area contributed by atoms with Crippen molar-refractivity contribution in [1.82, 2.24) is 4.98 Å². The Bertz CT molecular complexity index is 502. The minimum atomic E-state index is 0.0688. The molecule has 0 amide bonds. The van der Waals surface area contributed by atoms with Gasteiger partial charge in [0.1, 0.15) is 0 Å². The molecule has 0 saturated carbocycles. The third-order valence-electron chi connectivity index (χ3n) is 2.38. The fourth-order valence-electron chi connectivity index (χ4n) is 1.44. The van der Waals surface area contributed by atoms with Gasteiger partial charge in [0.15, 0.2) is 5.78 Å². The molecule has 0 fully saturated rings. The first-order valence-electron chi connectivity index (χ1n) is 4.68. The molecule has 15 heavy (non-hydrogen) atoms. The van der Waals surface area contributed by atoms with E-state index in [1.807, 2.05) is 30.7 Å². The predicted molar refractivity (Wildman–Crippen MR) is 61.5 cm³/mol. The lowest BCUT2D eigenvalue weighted by molar-refractivity contribution is 0.103. The highest BCUT2D eigenvalue weighted by Crippen LogP contribution is 2.19. The maximum atomic E-state index is 12.1. The molecule has 76 valence electrons. The van der Waals surface area contributed by atoms with E-state index in [4.69, 9.17) is 0 Å². The van der Waals surface area contributed by atoms with E-state index in [2.05, 4.69) is 4.98 Å². The topological polar surface area (TPSA) is 30.0 Å². The first-order chi connectivity index (χ1) is 7.20. The van der Waals surface area contributed by atoms with Crippen LogP contribution in [0.5, 0.6) is 0 Å². The van der Waals surface area contributed by atoms with Gasteiger partial charge in [-0.2, -0.15) is 11.3 Å². The van der Waals surface area contributed by atoms with Crippen molar-refractivity contribution in [3.8, 4) is 0 Å². The third kappa shape index (κ3) is 1.83. The van der Waals surface area contributed by atoms with Gasteiger partial charge in [0.25, 0.3) is 0 Å². The maximum Gasteiger partial charge on any atom is 0.195 e. The quantitative estimate of drug-likeness (QED) is 0.724. The van der Waals surface area contributed by atoms with Crippen molar-refractivity contribution >= 4 is 17.1 Å². The highest BCUT2D eigenvalue weighted by atomic mass is 32.1. The molecule has 0 unspecified atom stereocenters. The Morgan fingerprint density at radius 3 is 2.60 bits per heavy atom. The lowest BCUT2D eigenvalue weighted by Crippen LogP contribution is -2.04. The Kier molecular flexibility index (Phi) is 2.64. The Morgan fingerprint density at radius 1 is 1.20 bits per heavy atom. The van der Waals surface area contributed by atoms with Crippen LogP contribution in [0.25, 0.3) is 0 Å². The Morgan fingerprint density at radius 2 is 2.00 bits per heavy atom. The van der Waals surface area contributed by atoms with E-state index < -0.39 is 0 Å². The zero-order chi connectivity index (χ0) is 10.8. The molecule has 0 saturated heterocycles. The second-order valence-corrected chi connectivity index (χ2v) is 4.23. The number of nitrogens with zero attached hydrogens (tertiary/aromatic N) is 1. The molecule has 0 radical (unpaired) electrons. The van der Waals surface area contributed by atoms with Gasteiger partial charge in [0, 0.05) is 28.9 Å². The molecular weight excluding hydrogens is 206 g/mol. The summed E-state index contributed by atoms with van der Waals surface area (Å²) in [6.07, 6.45) is 3.33. The summed E-state index contributed by atoms with van der Waals surface area (Å²) in [7, 11) is 0. The number of carbonyl (C=O) groups excluding carboxylic acids is 1. The SMILES string of the molecule is Cc1ccncc1C(=O)c1cscc1C. The van der Waals surface area contributed by atoms with Crippen LogP contribution in [0.15, 0.2) is 29.2 Å². The average molecular weight is 217 g/mol. The van der Waals surface area contributed by atoms with Crippen LogP contribution in [0.2, 0.25) is 0 Å². The van der Waals surface area contributed by atoms with Gasteiger partial charge in [0.05, 0.1) is 0 Å². The molecule has 2 aromatic heterocycles. The van der Waals surface area contributed by atoms with Crippen LogP contribution < -0.4 is 0 Å². The van der Waals surface area contributed by atoms with E-state index in [1.54, 1.807) is 23.7 Å². The van der Waals surface area contributed by atoms with E-state index in [1.165, 1.54) is 0 Å². The van der Waals surface area contributed by atoms with E-state index in [-0.39, 0.29) is 5.78 Å². The summed E-state index contributed by atoms with van der Waals surface area (Å²) in [4.78, 5) is 16.1. The number of ketones is 1. The monoisotopic (exact) mass is 217 g/mol. The highest BCUT2D eigenvalue weighted by molar-refractivity contribution is 7.08. The van der Waals surface area contributed by atoms with Crippen molar-refractivity contribution in [3.63, 3.8) is 0 Å². The molecule has 0 aliphatic rings. The molecule has 2 heterocycles. The summed E-state index contributed by atoms with van der Waals surface area (Å²) in [5.41, 5.74) is 3.49. The molecule has 0 spiro atoms. The normalized spacial score (nSPS) is 10.3. The molecule has 0 atom stereocenters. The summed E-state index contributed by atoms with van der Waals surface area (Å²) >= 11 is 1.55. The van der Waals surface area contributed by atoms with E-state index >= 15 is 0 Å². The molecule has 2 aromatic rings. The largest absolute Gasteiger partial charge is 0.288 e. The highest BCUT2D eigenvalue weighted by Gasteiger charge is 2.14. The van der Waals surface area contributed by atoms with Crippen LogP contribution in [0, 0.1) is 13.8 Å². The van der Waals surface area contributed by atoms with Crippen molar-refractivity contribution in [2.24, 2.45) is 0 Å². The Balaban J connectivity index is 2.46. The molecule has 0 N–H and O–H groups in total. The number of hydrogen-bond acceptors (Lipinski definition) is 3. The summed E-state index contributed by atoms with van der Waals surface area (Å²) in [5, 5.41) is 3.88. The number of carbonyl (C=O) groups is 1. The molecule has 2 nitrogen and oxygen atoms in total. The second kappa shape index (κ2) is 3.95. The minimum absolute atomic E-state index is 0.0688. The summed E-state index contributed by atoms with van der Waals surface area (Å²) < 4.78 is 0. The van der Waals surface area contributed by atoms with Crippen molar-refractivity contribution in [2.45, 2.75) is 13.8 Å². The van der Waals surface area contributed by atoms with E-state index in [0.29, 0.717) is 5.56 Å². The number of rotatable bonds is 2. The molecule has 3 heteroatoms. The van der Waals surface area contributed by atoms with Gasteiger partial charge in [-0.25, -0.2) is 0 Å². The zero-order valence-electron chi connectivity index (χ0n) is 8.65. The van der Waals surface area contributed by atoms with Gasteiger partial charge in [0.2, 0.25) is 0 Å². The Hall–Kier alpha value is -1.48. The van der Waals surface area contributed by atoms with Crippen LogP contribution in [0.3, 0.4) is 0 Å². The summed E-state index contributed by atoms with van der Waals surface area (Å²) in [5.74, 6) is 0.0688. The predicted octanol–water partition coefficient (Wildman–Crippen LogP) is 2.99. The van der Waals surface area contributed by atoms with Gasteiger partial charge < -0.3 is 0 Å². The number of hydrogen-bond donors (Lipinski definition) is 0. The van der Waals surface area contributed by atoms with Crippen LogP contribution in [0.4, 0.5) is 0 Å². The number of thiophene rings is 1. The third-order valence-corrected chi connectivity index (χ3v) is 3.25. The Labute approximate surface area is 92.6 Å². The van der Waals surface area contributed by atoms with Crippen LogP contribution in [-0.4, -0.2) is 10.8 Å². The van der Waals surface area contributed by atoms with Gasteiger partial charge in [-0.05, 0) is 36.4 Å². The van der Waals surface area contributed by atoms with Gasteiger partial charge in [-0.3, -0.25) is 9.78 Å². The maximum absolute atomic E-state index is 12.1. The molecular formula is C12H11NOS. The summed E-state index contributed by atoms with van der Waals surface area (Å²) in [6.45, 7) is 3.88. The number of aromatic nitrogens is 1. The standard InChI is InChI=1S/C12H11NOS/c1-8-3-4-13-5-10(8)12(14)11-7-15-6-9(11)2/h3-7H,1-2H3. The first kappa shape index (κ1) is 10.1. The van der Waals surface area contributed by atoms with Crippen LogP contribution in [-0.2, 0) is 0 Å². The van der Waals surface area contributed by atoms with E-state index in [9.17, 15) is 4.79 Å². The first-order valence-corrected chi connectivity index (χ1v) is 5.62. The molecule has 0 aliphatic heterocycles. The molecule has 0 aliphatic carbocycles. The van der Waals surface area contributed by atoms with E-state index in [0.717, 1.165) is 16.7 Å². The van der Waals surface area contributed by atoms with Crippen LogP contribution in [0.1, 0.15) is 27.0 Å². The lowest BCUT2D eigenvalue weighted by Gasteiger charge is -2.02. The summed E-state index contributed by atoms with van der Waals surface area (Å²) in [6, 6.07) is 1.86. The van der Waals surface area contributed by atoms with Gasteiger partial charge >= 0.3 is 0 Å². The van der Waals surface area contributed by atoms with Crippen molar-refractivity contribution in [1.29, 1.82) is 0 Å².